The van der Waals surface area contributed by atoms with Gasteiger partial charge in [-0.2, -0.15) is 0 Å². The van der Waals surface area contributed by atoms with Gasteiger partial charge in [-0.15, -0.1) is 0 Å². The van der Waals surface area contributed by atoms with E-state index in [0.717, 1.165) is 11.2 Å². The Hall–Kier alpha value is -5.48. The summed E-state index contributed by atoms with van der Waals surface area (Å²) < 4.78 is 9.71. The number of fused-ring (bicyclic) bond motifs is 15. The molecule has 3 aliphatic heterocycles. The van der Waals surface area contributed by atoms with Gasteiger partial charge in [0.25, 0.3) is 0 Å². The van der Waals surface area contributed by atoms with Gasteiger partial charge >= 0.3 is 6.85 Å². The molecule has 0 saturated heterocycles. The molecule has 0 fully saturated rings. The van der Waals surface area contributed by atoms with Crippen LogP contribution in [-0.2, 0) is 10.8 Å². The molecule has 2 aromatic heterocycles. The molecule has 0 bridgehead atoms. The molecule has 6 aromatic carbocycles. The molecule has 0 unspecified atom stereocenters. The minimum Gasteiger partial charge on any atom is -0.454 e. The molecule has 0 amide bonds. The fourth-order valence-corrected chi connectivity index (χ4v) is 10.3. The summed E-state index contributed by atoms with van der Waals surface area (Å²) in [6.45, 7) is 9.60. The van der Waals surface area contributed by atoms with Gasteiger partial charge in [0.05, 0.1) is 11.4 Å². The second-order valence-corrected chi connectivity index (χ2v) is 15.3. The van der Waals surface area contributed by atoms with E-state index in [-0.39, 0.29) is 17.7 Å². The molecule has 0 radical (unpaired) electrons. The molecule has 4 heteroatoms. The quantitative estimate of drug-likeness (QED) is 0.159. The Morgan fingerprint density at radius 2 is 1.29 bits per heavy atom. The van der Waals surface area contributed by atoms with Crippen molar-refractivity contribution >= 4 is 67.7 Å². The van der Waals surface area contributed by atoms with Gasteiger partial charge in [-0.1, -0.05) is 125 Å². The van der Waals surface area contributed by atoms with Crippen LogP contribution in [0.1, 0.15) is 49.9 Å². The van der Waals surface area contributed by atoms with Crippen molar-refractivity contribution in [2.75, 3.05) is 4.90 Å². The van der Waals surface area contributed by atoms with Crippen molar-refractivity contribution in [1.82, 2.24) is 4.48 Å². The van der Waals surface area contributed by atoms with E-state index in [0.29, 0.717) is 0 Å². The highest BCUT2D eigenvalue weighted by Crippen LogP contribution is 2.59. The molecular weight excluding hydrogens is 583 g/mol. The van der Waals surface area contributed by atoms with Gasteiger partial charge in [-0.3, -0.25) is 0 Å². The summed E-state index contributed by atoms with van der Waals surface area (Å²) in [7, 11) is 0. The second kappa shape index (κ2) is 7.97. The van der Waals surface area contributed by atoms with E-state index in [4.69, 9.17) is 4.42 Å². The minimum atomic E-state index is -0.171. The molecule has 226 valence electrons. The number of furan rings is 1. The van der Waals surface area contributed by atoms with Crippen molar-refractivity contribution in [3.8, 4) is 22.4 Å². The van der Waals surface area contributed by atoms with Crippen molar-refractivity contribution in [2.45, 2.75) is 38.5 Å². The maximum atomic E-state index is 6.97. The highest BCUT2D eigenvalue weighted by molar-refractivity contribution is 6.90. The van der Waals surface area contributed by atoms with Crippen LogP contribution in [0.4, 0.5) is 17.1 Å². The van der Waals surface area contributed by atoms with Crippen molar-refractivity contribution in [1.29, 1.82) is 0 Å². The van der Waals surface area contributed by atoms with Crippen molar-refractivity contribution < 1.29 is 4.42 Å². The van der Waals surface area contributed by atoms with Crippen molar-refractivity contribution in [3.63, 3.8) is 0 Å². The molecule has 4 aliphatic rings. The third-order valence-electron chi connectivity index (χ3n) is 12.3. The Morgan fingerprint density at radius 1 is 0.583 bits per heavy atom. The van der Waals surface area contributed by atoms with E-state index < -0.39 is 0 Å². The molecule has 5 heterocycles. The lowest BCUT2D eigenvalue weighted by Crippen LogP contribution is -2.58. The maximum absolute atomic E-state index is 6.97. The third kappa shape index (κ3) is 2.62. The molecule has 3 nitrogen and oxygen atoms in total. The highest BCUT2D eigenvalue weighted by Gasteiger charge is 2.51. The van der Waals surface area contributed by atoms with Crippen LogP contribution >= 0.6 is 0 Å². The van der Waals surface area contributed by atoms with Gasteiger partial charge in [-0.05, 0) is 56.9 Å². The van der Waals surface area contributed by atoms with Crippen LogP contribution in [0.15, 0.2) is 120 Å². The van der Waals surface area contributed by atoms with Crippen LogP contribution < -0.4 is 15.8 Å². The van der Waals surface area contributed by atoms with Gasteiger partial charge in [0.2, 0.25) is 0 Å². The topological polar surface area (TPSA) is 21.3 Å². The number of aromatic nitrogens is 1. The lowest BCUT2D eigenvalue weighted by molar-refractivity contribution is 0.631. The number of para-hydroxylation sites is 4. The molecule has 0 atom stereocenters. The molecule has 0 spiro atoms. The van der Waals surface area contributed by atoms with Crippen LogP contribution in [-0.4, -0.2) is 11.3 Å². The Labute approximate surface area is 279 Å². The standard InChI is InChI=1S/C44H31BN2O/c1-43(2)31-18-8-9-21-34(31)46-40-32(43)19-12-20-33(40)45-37-28(23-29-24-13-6-10-22-35(24)48-42(29)41(37)46)25-15-11-16-27-36-39(47(45)38(25)27)26-14-5-7-17-30(26)44(36,3)4/h5-23H,1-4H3. The summed E-state index contributed by atoms with van der Waals surface area (Å²) >= 11 is 0. The molecule has 0 saturated carbocycles. The summed E-state index contributed by atoms with van der Waals surface area (Å²) in [6.07, 6.45) is 0. The van der Waals surface area contributed by atoms with Gasteiger partial charge in [0.1, 0.15) is 5.58 Å². The molecule has 1 aliphatic carbocycles. The highest BCUT2D eigenvalue weighted by atomic mass is 16.3. The normalized spacial score (nSPS) is 16.6. The third-order valence-corrected chi connectivity index (χ3v) is 12.3. The second-order valence-electron chi connectivity index (χ2n) is 15.3. The molecule has 12 rings (SSSR count). The van der Waals surface area contributed by atoms with Gasteiger partial charge in [0.15, 0.2) is 5.58 Å². The fourth-order valence-electron chi connectivity index (χ4n) is 10.3. The first-order chi connectivity index (χ1) is 23.4. The maximum Gasteiger partial charge on any atom is 0.333 e. The monoisotopic (exact) mass is 614 g/mol. The zero-order valence-electron chi connectivity index (χ0n) is 27.3. The largest absolute Gasteiger partial charge is 0.454 e. The Balaban J connectivity index is 1.35. The van der Waals surface area contributed by atoms with Crippen molar-refractivity contribution in [2.24, 2.45) is 0 Å². The molecular formula is C44H31BN2O. The number of hydrogen-bond acceptors (Lipinski definition) is 2. The number of anilines is 3. The SMILES string of the molecule is CC1(C)c2ccccc2N2c3c(cccc31)B1c3c(cc4c(oc5ccccc54)c32)-c2cccc3c4c(n1c23)-c1ccccc1C4(C)C. The van der Waals surface area contributed by atoms with Gasteiger partial charge < -0.3 is 13.8 Å². The van der Waals surface area contributed by atoms with E-state index in [1.807, 2.05) is 0 Å². The van der Waals surface area contributed by atoms with Crippen LogP contribution in [0.5, 0.6) is 0 Å². The van der Waals surface area contributed by atoms with Crippen LogP contribution in [0.25, 0.3) is 55.2 Å². The summed E-state index contributed by atoms with van der Waals surface area (Å²) in [4.78, 5) is 2.57. The van der Waals surface area contributed by atoms with Crippen LogP contribution in [0, 0.1) is 0 Å². The Bertz CT molecular complexity index is 2810. The Morgan fingerprint density at radius 3 is 2.19 bits per heavy atom. The molecule has 8 aromatic rings. The summed E-state index contributed by atoms with van der Waals surface area (Å²) in [5, 5.41) is 3.71. The summed E-state index contributed by atoms with van der Waals surface area (Å²) in [6, 6.07) is 43.1. The van der Waals surface area contributed by atoms with Gasteiger partial charge in [-0.25, -0.2) is 0 Å². The summed E-state index contributed by atoms with van der Waals surface area (Å²) in [5.74, 6) is 0. The predicted molar refractivity (Wildman–Crippen MR) is 199 cm³/mol. The number of hydrogen-bond donors (Lipinski definition) is 0. The first-order valence-electron chi connectivity index (χ1n) is 17.2. The van der Waals surface area contributed by atoms with Crippen molar-refractivity contribution in [3.05, 3.63) is 138 Å². The average Bonchev–Trinajstić information content (AvgIpc) is 3.73. The van der Waals surface area contributed by atoms with Gasteiger partial charge in [0, 0.05) is 55.0 Å². The fraction of sp³-hybridized carbons (Fsp3) is 0.136. The van der Waals surface area contributed by atoms with E-state index in [2.05, 4.69) is 152 Å². The first-order valence-corrected chi connectivity index (χ1v) is 17.2. The van der Waals surface area contributed by atoms with E-state index >= 15 is 0 Å². The van der Waals surface area contributed by atoms with Crippen LogP contribution in [0.3, 0.4) is 0 Å². The minimum absolute atomic E-state index is 0.0111. The smallest absolute Gasteiger partial charge is 0.333 e. The predicted octanol–water partition coefficient (Wildman–Crippen LogP) is 9.90. The Kier molecular flexibility index (Phi) is 4.25. The number of rotatable bonds is 0. The molecule has 48 heavy (non-hydrogen) atoms. The zero-order chi connectivity index (χ0) is 31.8. The molecule has 0 N–H and O–H groups in total. The number of benzene rings is 6. The van der Waals surface area contributed by atoms with E-state index in [9.17, 15) is 0 Å². The van der Waals surface area contributed by atoms with E-state index in [1.54, 1.807) is 0 Å². The summed E-state index contributed by atoms with van der Waals surface area (Å²) in [5.41, 5.74) is 20.3. The first kappa shape index (κ1) is 25.6. The average molecular weight is 615 g/mol. The van der Waals surface area contributed by atoms with E-state index in [1.165, 1.54) is 94.3 Å². The lowest BCUT2D eigenvalue weighted by Gasteiger charge is -2.48. The zero-order valence-corrected chi connectivity index (χ0v) is 27.3. The van der Waals surface area contributed by atoms with Crippen LogP contribution in [0.2, 0.25) is 0 Å². The number of nitrogens with zero attached hydrogens (tertiary/aromatic N) is 2. The lowest BCUT2D eigenvalue weighted by atomic mass is 9.44.